The number of aldehydes is 1. The van der Waals surface area contributed by atoms with Gasteiger partial charge in [-0.2, -0.15) is 5.10 Å². The Balaban J connectivity index is 0.949. The van der Waals surface area contributed by atoms with Crippen molar-refractivity contribution in [3.05, 3.63) is 65.9 Å². The first-order valence-electron chi connectivity index (χ1n) is 20.3. The van der Waals surface area contributed by atoms with Gasteiger partial charge in [0.25, 0.3) is 5.91 Å². The Kier molecular flexibility index (Phi) is 13.9. The van der Waals surface area contributed by atoms with Crippen molar-refractivity contribution in [2.75, 3.05) is 82.0 Å². The molecule has 2 aliphatic rings. The number of benzene rings is 2. The molecule has 3 amide bonds. The van der Waals surface area contributed by atoms with Gasteiger partial charge < -0.3 is 35.4 Å². The molecular weight excluding hydrogens is 721 g/mol. The second kappa shape index (κ2) is 19.2. The molecular formula is C43H58N10O4. The van der Waals surface area contributed by atoms with Crippen molar-refractivity contribution in [2.24, 2.45) is 5.92 Å². The van der Waals surface area contributed by atoms with Crippen LogP contribution in [0.4, 0.5) is 17.2 Å². The molecule has 2 saturated heterocycles. The fourth-order valence-corrected chi connectivity index (χ4v) is 8.51. The minimum absolute atomic E-state index is 0.0660. The summed E-state index contributed by atoms with van der Waals surface area (Å²) < 4.78 is 0. The molecule has 0 spiro atoms. The van der Waals surface area contributed by atoms with E-state index in [4.69, 9.17) is 10.7 Å². The minimum Gasteiger partial charge on any atom is -0.399 e. The summed E-state index contributed by atoms with van der Waals surface area (Å²) in [4.78, 5) is 64.3. The van der Waals surface area contributed by atoms with E-state index in [1.54, 1.807) is 6.07 Å². The molecule has 14 nitrogen and oxygen atoms in total. The number of rotatable bonds is 17. The highest BCUT2D eigenvalue weighted by Gasteiger charge is 2.32. The second-order valence-corrected chi connectivity index (χ2v) is 15.5. The van der Waals surface area contributed by atoms with Crippen LogP contribution in [0.15, 0.2) is 54.7 Å². The van der Waals surface area contributed by atoms with E-state index in [0.29, 0.717) is 35.9 Å². The van der Waals surface area contributed by atoms with Crippen molar-refractivity contribution in [1.29, 1.82) is 0 Å². The van der Waals surface area contributed by atoms with Gasteiger partial charge in [0.15, 0.2) is 0 Å². The van der Waals surface area contributed by atoms with Crippen LogP contribution in [0.25, 0.3) is 22.2 Å². The van der Waals surface area contributed by atoms with Crippen molar-refractivity contribution in [1.82, 2.24) is 35.2 Å². The van der Waals surface area contributed by atoms with E-state index < -0.39 is 17.9 Å². The Morgan fingerprint density at radius 1 is 1.02 bits per heavy atom. The van der Waals surface area contributed by atoms with Gasteiger partial charge in [-0.1, -0.05) is 0 Å². The standard InChI is InChI=1S/C43H58N10O4/c1-5-50(40-26-32(12-17-46-40)41-37-27-33(44)8-11-38(37)47-48-41)23-22-49(4)28-31-13-18-51(19-14-31)34-15-20-52(21-16-34)35-9-10-36(30(2)25-35)43(57)53(29-55)39(7-6-24-54)42(56)45-3/h8-12,17,24-27,29,31,34,39H,5-7,13-16,18-23,28,44H2,1-4H3,(H,45,56)(H,47,48). The predicted octanol–water partition coefficient (Wildman–Crippen LogP) is 4.35. The molecule has 14 heteroatoms. The number of anilines is 3. The molecule has 0 bridgehead atoms. The van der Waals surface area contributed by atoms with E-state index in [2.05, 4.69) is 55.2 Å². The van der Waals surface area contributed by atoms with Crippen LogP contribution in [-0.4, -0.2) is 133 Å². The quantitative estimate of drug-likeness (QED) is 0.103. The van der Waals surface area contributed by atoms with Gasteiger partial charge in [0, 0.05) is 92.9 Å². The van der Waals surface area contributed by atoms with Crippen LogP contribution >= 0.6 is 0 Å². The molecule has 4 heterocycles. The molecule has 6 rings (SSSR count). The van der Waals surface area contributed by atoms with E-state index in [-0.39, 0.29) is 12.8 Å². The van der Waals surface area contributed by atoms with Gasteiger partial charge in [0.05, 0.1) is 5.52 Å². The van der Waals surface area contributed by atoms with Gasteiger partial charge in [-0.05, 0) is 126 Å². The smallest absolute Gasteiger partial charge is 0.261 e. The van der Waals surface area contributed by atoms with E-state index in [0.717, 1.165) is 109 Å². The van der Waals surface area contributed by atoms with Gasteiger partial charge in [-0.15, -0.1) is 0 Å². The van der Waals surface area contributed by atoms with Gasteiger partial charge in [-0.25, -0.2) is 4.98 Å². The van der Waals surface area contributed by atoms with Crippen LogP contribution in [0.5, 0.6) is 0 Å². The minimum atomic E-state index is -1.05. The number of nitrogens with two attached hydrogens (primary N) is 1. The predicted molar refractivity (Wildman–Crippen MR) is 225 cm³/mol. The lowest BCUT2D eigenvalue weighted by atomic mass is 9.93. The molecule has 4 N–H and O–H groups in total. The summed E-state index contributed by atoms with van der Waals surface area (Å²) in [5, 5.41) is 11.2. The number of carbonyl (C=O) groups excluding carboxylic acids is 4. The van der Waals surface area contributed by atoms with E-state index in [1.165, 1.54) is 19.9 Å². The summed E-state index contributed by atoms with van der Waals surface area (Å²) in [6.45, 7) is 12.0. The molecule has 1 atom stereocenters. The Labute approximate surface area is 335 Å². The molecule has 1 unspecified atom stereocenters. The number of likely N-dealkylation sites (N-methyl/N-ethyl adjacent to an activating group) is 3. The number of pyridine rings is 1. The molecule has 304 valence electrons. The number of aryl methyl sites for hydroxylation is 1. The number of fused-ring (bicyclic) bond motifs is 1. The maximum absolute atomic E-state index is 13.4. The summed E-state index contributed by atoms with van der Waals surface area (Å²) in [7, 11) is 3.68. The monoisotopic (exact) mass is 778 g/mol. The molecule has 2 aromatic heterocycles. The van der Waals surface area contributed by atoms with Crippen LogP contribution < -0.4 is 20.9 Å². The van der Waals surface area contributed by atoms with E-state index in [1.807, 2.05) is 49.5 Å². The van der Waals surface area contributed by atoms with Crippen LogP contribution in [0.1, 0.15) is 61.4 Å². The number of nitrogens with one attached hydrogen (secondary N) is 2. The summed E-state index contributed by atoms with van der Waals surface area (Å²) in [5.41, 5.74) is 11.8. The molecule has 0 aliphatic carbocycles. The Bertz CT molecular complexity index is 2000. The Morgan fingerprint density at radius 2 is 1.79 bits per heavy atom. The topological polar surface area (TPSA) is 164 Å². The first-order chi connectivity index (χ1) is 27.6. The number of amides is 3. The highest BCUT2D eigenvalue weighted by molar-refractivity contribution is 6.04. The molecule has 4 aromatic rings. The van der Waals surface area contributed by atoms with Crippen LogP contribution in [-0.2, 0) is 14.4 Å². The number of likely N-dealkylation sites (tertiary alicyclic amines) is 1. The lowest BCUT2D eigenvalue weighted by molar-refractivity contribution is -0.131. The van der Waals surface area contributed by atoms with Gasteiger partial charge >= 0.3 is 0 Å². The summed E-state index contributed by atoms with van der Waals surface area (Å²) in [5.74, 6) is 0.603. The number of H-pyrrole nitrogens is 1. The third-order valence-electron chi connectivity index (χ3n) is 11.9. The van der Waals surface area contributed by atoms with E-state index >= 15 is 0 Å². The average Bonchev–Trinajstić information content (AvgIpc) is 3.65. The summed E-state index contributed by atoms with van der Waals surface area (Å²) in [6, 6.07) is 15.1. The Morgan fingerprint density at radius 3 is 2.47 bits per heavy atom. The van der Waals surface area contributed by atoms with Crippen molar-refractivity contribution in [3.63, 3.8) is 0 Å². The zero-order valence-corrected chi connectivity index (χ0v) is 33.8. The maximum Gasteiger partial charge on any atom is 0.261 e. The fourth-order valence-electron chi connectivity index (χ4n) is 8.51. The number of imide groups is 1. The lowest BCUT2D eigenvalue weighted by Crippen LogP contribution is -2.49. The van der Waals surface area contributed by atoms with Gasteiger partial charge in [-0.3, -0.25) is 24.4 Å². The average molecular weight is 779 g/mol. The summed E-state index contributed by atoms with van der Waals surface area (Å²) >= 11 is 0. The lowest BCUT2D eigenvalue weighted by Gasteiger charge is -2.43. The summed E-state index contributed by atoms with van der Waals surface area (Å²) in [6.07, 6.45) is 7.64. The molecule has 0 saturated carbocycles. The number of nitrogens with zero attached hydrogens (tertiary/aromatic N) is 7. The van der Waals surface area contributed by atoms with Crippen LogP contribution in [0.2, 0.25) is 0 Å². The third-order valence-corrected chi connectivity index (χ3v) is 11.9. The zero-order chi connectivity index (χ0) is 40.5. The number of piperidine rings is 2. The third kappa shape index (κ3) is 9.80. The SMILES string of the molecule is CCN(CCN(C)CC1CCN(C2CCN(c3ccc(C(=O)N(C=O)C(CCC=O)C(=O)NC)c(C)c3)CC2)CC1)c1cc(-c2n[nH]c3ccc(N)cc23)ccn1. The second-order valence-electron chi connectivity index (χ2n) is 15.5. The number of aromatic amines is 1. The van der Waals surface area contributed by atoms with Crippen LogP contribution in [0, 0.1) is 12.8 Å². The molecule has 57 heavy (non-hydrogen) atoms. The van der Waals surface area contributed by atoms with Crippen molar-refractivity contribution in [2.45, 2.75) is 64.5 Å². The fraction of sp³-hybridized carbons (Fsp3) is 0.488. The van der Waals surface area contributed by atoms with Gasteiger partial charge in [0.2, 0.25) is 12.3 Å². The van der Waals surface area contributed by atoms with Gasteiger partial charge in [0.1, 0.15) is 23.8 Å². The molecule has 0 radical (unpaired) electrons. The van der Waals surface area contributed by atoms with Crippen LogP contribution in [0.3, 0.4) is 0 Å². The first kappa shape index (κ1) is 41.3. The highest BCUT2D eigenvalue weighted by Crippen LogP contribution is 2.31. The Hall–Kier alpha value is -5.34. The molecule has 2 aliphatic heterocycles. The largest absolute Gasteiger partial charge is 0.399 e. The highest BCUT2D eigenvalue weighted by atomic mass is 16.2. The maximum atomic E-state index is 13.4. The zero-order valence-electron chi connectivity index (χ0n) is 33.8. The molecule has 2 aromatic carbocycles. The number of hydrogen-bond acceptors (Lipinski definition) is 11. The van der Waals surface area contributed by atoms with E-state index in [9.17, 15) is 19.2 Å². The number of aromatic nitrogens is 3. The van der Waals surface area contributed by atoms with Crippen molar-refractivity contribution >= 4 is 52.6 Å². The number of hydrogen-bond donors (Lipinski definition) is 3. The molecule has 2 fully saturated rings. The number of carbonyl (C=O) groups is 4. The normalized spacial score (nSPS) is 16.1. The van der Waals surface area contributed by atoms with Crippen molar-refractivity contribution in [3.8, 4) is 11.3 Å². The van der Waals surface area contributed by atoms with Crippen molar-refractivity contribution < 1.29 is 19.2 Å². The first-order valence-corrected chi connectivity index (χ1v) is 20.3. The number of nitrogen functional groups attached to an aromatic ring is 1.